The van der Waals surface area contributed by atoms with Gasteiger partial charge in [0.05, 0.1) is 19.4 Å². The molecule has 1 aromatic rings. The third-order valence-corrected chi connectivity index (χ3v) is 3.42. The molecule has 138 valence electrons. The number of aromatic amines is 1. The molecule has 0 aromatic carbocycles. The lowest BCUT2D eigenvalue weighted by Gasteiger charge is -2.18. The first kappa shape index (κ1) is 20.4. The van der Waals surface area contributed by atoms with Crippen LogP contribution >= 0.6 is 12.6 Å². The normalized spacial score (nSPS) is 12.7. The van der Waals surface area contributed by atoms with Crippen molar-refractivity contribution in [2.45, 2.75) is 18.5 Å². The van der Waals surface area contributed by atoms with E-state index in [1.165, 1.54) is 12.5 Å². The summed E-state index contributed by atoms with van der Waals surface area (Å²) in [5.41, 5.74) is 5.82. The van der Waals surface area contributed by atoms with Crippen LogP contribution in [0.2, 0.25) is 0 Å². The number of aliphatic carboxylic acids is 1. The van der Waals surface area contributed by atoms with Gasteiger partial charge in [-0.05, 0) is 0 Å². The largest absolute Gasteiger partial charge is 0.480 e. The molecule has 0 fully saturated rings. The first-order valence-electron chi connectivity index (χ1n) is 7.24. The van der Waals surface area contributed by atoms with Crippen LogP contribution in [-0.2, 0) is 25.6 Å². The highest BCUT2D eigenvalue weighted by Crippen LogP contribution is 1.99. The average Bonchev–Trinajstić information content (AvgIpc) is 3.09. The summed E-state index contributed by atoms with van der Waals surface area (Å²) in [6.07, 6.45) is 3.03. The zero-order chi connectivity index (χ0) is 18.8. The molecule has 11 nitrogen and oxygen atoms in total. The highest BCUT2D eigenvalue weighted by atomic mass is 32.1. The Hall–Kier alpha value is -2.60. The van der Waals surface area contributed by atoms with Gasteiger partial charge in [-0.15, -0.1) is 0 Å². The van der Waals surface area contributed by atoms with E-state index in [1.807, 2.05) is 0 Å². The molecular formula is C13H20N6O5S. The van der Waals surface area contributed by atoms with Crippen molar-refractivity contribution >= 4 is 36.3 Å². The van der Waals surface area contributed by atoms with Gasteiger partial charge >= 0.3 is 5.97 Å². The van der Waals surface area contributed by atoms with Gasteiger partial charge in [-0.2, -0.15) is 12.6 Å². The lowest BCUT2D eigenvalue weighted by atomic mass is 10.1. The highest BCUT2D eigenvalue weighted by Gasteiger charge is 2.23. The Bertz CT molecular complexity index is 608. The van der Waals surface area contributed by atoms with Gasteiger partial charge in [-0.1, -0.05) is 0 Å². The van der Waals surface area contributed by atoms with Gasteiger partial charge in [0.15, 0.2) is 0 Å². The Kier molecular flexibility index (Phi) is 8.43. The van der Waals surface area contributed by atoms with Crippen molar-refractivity contribution in [2.24, 2.45) is 5.73 Å². The van der Waals surface area contributed by atoms with Gasteiger partial charge in [0.25, 0.3) is 0 Å². The standard InChI is InChI=1S/C13H20N6O5S/c14-2-10(20)18-8(1-7-3-15-6-17-7)12(22)16-4-11(21)19-9(5-25)13(23)24/h3,6,8-9,25H,1-2,4-5,14H2,(H,15,17)(H,16,22)(H,18,20)(H,19,21)(H,23,24)/t8-,9-/m0/s1. The molecule has 0 aliphatic rings. The quantitative estimate of drug-likeness (QED) is 0.214. The second kappa shape index (κ2) is 10.3. The summed E-state index contributed by atoms with van der Waals surface area (Å²) in [4.78, 5) is 52.8. The highest BCUT2D eigenvalue weighted by molar-refractivity contribution is 7.80. The van der Waals surface area contributed by atoms with Crippen molar-refractivity contribution in [1.82, 2.24) is 25.9 Å². The lowest BCUT2D eigenvalue weighted by molar-refractivity contribution is -0.141. The number of rotatable bonds is 10. The number of imidazole rings is 1. The minimum Gasteiger partial charge on any atom is -0.480 e. The zero-order valence-electron chi connectivity index (χ0n) is 13.2. The van der Waals surface area contributed by atoms with Crippen molar-refractivity contribution in [3.63, 3.8) is 0 Å². The van der Waals surface area contributed by atoms with E-state index in [-0.39, 0.29) is 18.7 Å². The minimum absolute atomic E-state index is 0.0932. The molecule has 7 N–H and O–H groups in total. The van der Waals surface area contributed by atoms with Crippen LogP contribution in [0.15, 0.2) is 12.5 Å². The predicted octanol–water partition coefficient (Wildman–Crippen LogP) is -2.99. The second-order valence-corrected chi connectivity index (χ2v) is 5.33. The summed E-state index contributed by atoms with van der Waals surface area (Å²) in [6.45, 7) is -0.746. The number of carbonyl (C=O) groups excluding carboxylic acids is 3. The van der Waals surface area contributed by atoms with Crippen molar-refractivity contribution in [2.75, 3.05) is 18.8 Å². The molecule has 0 bridgehead atoms. The number of nitrogens with one attached hydrogen (secondary N) is 4. The molecule has 1 aromatic heterocycles. The Morgan fingerprint density at radius 3 is 2.44 bits per heavy atom. The van der Waals surface area contributed by atoms with Gasteiger partial charge < -0.3 is 31.8 Å². The molecule has 0 saturated heterocycles. The number of carbonyl (C=O) groups is 4. The number of carboxylic acid groups (broad SMARTS) is 1. The monoisotopic (exact) mass is 372 g/mol. The Labute approximate surface area is 148 Å². The van der Waals surface area contributed by atoms with E-state index < -0.39 is 42.3 Å². The van der Waals surface area contributed by atoms with Crippen LogP contribution < -0.4 is 21.7 Å². The fourth-order valence-electron chi connectivity index (χ4n) is 1.80. The molecule has 3 amide bonds. The van der Waals surface area contributed by atoms with E-state index in [1.54, 1.807) is 0 Å². The van der Waals surface area contributed by atoms with Crippen LogP contribution in [0.5, 0.6) is 0 Å². The summed E-state index contributed by atoms with van der Waals surface area (Å²) in [5.74, 6) is -3.18. The van der Waals surface area contributed by atoms with Gasteiger partial charge in [-0.3, -0.25) is 14.4 Å². The van der Waals surface area contributed by atoms with E-state index in [0.717, 1.165) is 0 Å². The number of nitrogens with two attached hydrogens (primary N) is 1. The fraction of sp³-hybridized carbons (Fsp3) is 0.462. The molecule has 0 radical (unpaired) electrons. The van der Waals surface area contributed by atoms with E-state index >= 15 is 0 Å². The molecular weight excluding hydrogens is 352 g/mol. The Balaban J connectivity index is 2.60. The summed E-state index contributed by atoms with van der Waals surface area (Å²) >= 11 is 3.82. The van der Waals surface area contributed by atoms with Gasteiger partial charge in [0.2, 0.25) is 17.7 Å². The van der Waals surface area contributed by atoms with Gasteiger partial charge in [0, 0.05) is 24.1 Å². The molecule has 1 rings (SSSR count). The second-order valence-electron chi connectivity index (χ2n) is 4.96. The smallest absolute Gasteiger partial charge is 0.327 e. The number of amides is 3. The SMILES string of the molecule is NCC(=O)N[C@@H](Cc1cnc[nH]1)C(=O)NCC(=O)N[C@@H](CS)C(=O)O. The molecule has 0 saturated carbocycles. The number of thiol groups is 1. The maximum atomic E-state index is 12.2. The average molecular weight is 372 g/mol. The lowest BCUT2D eigenvalue weighted by Crippen LogP contribution is -2.52. The van der Waals surface area contributed by atoms with Crippen LogP contribution in [0, 0.1) is 0 Å². The fourth-order valence-corrected chi connectivity index (χ4v) is 2.05. The summed E-state index contributed by atoms with van der Waals surface area (Å²) in [5, 5.41) is 15.8. The van der Waals surface area contributed by atoms with Crippen molar-refractivity contribution in [1.29, 1.82) is 0 Å². The number of aromatic nitrogens is 2. The molecule has 1 heterocycles. The number of carboxylic acids is 1. The Morgan fingerprint density at radius 1 is 1.24 bits per heavy atom. The molecule has 0 aliphatic heterocycles. The van der Waals surface area contributed by atoms with Crippen LogP contribution in [0.25, 0.3) is 0 Å². The molecule has 2 atom stereocenters. The molecule has 12 heteroatoms. The first-order chi connectivity index (χ1) is 11.9. The zero-order valence-corrected chi connectivity index (χ0v) is 14.1. The summed E-state index contributed by atoms with van der Waals surface area (Å²) in [6, 6.07) is -2.13. The van der Waals surface area contributed by atoms with Crippen LogP contribution in [-0.4, -0.2) is 69.7 Å². The van der Waals surface area contributed by atoms with E-state index in [0.29, 0.717) is 5.69 Å². The third-order valence-electron chi connectivity index (χ3n) is 3.06. The van der Waals surface area contributed by atoms with Crippen molar-refractivity contribution in [3.05, 3.63) is 18.2 Å². The van der Waals surface area contributed by atoms with Crippen LogP contribution in [0.1, 0.15) is 5.69 Å². The van der Waals surface area contributed by atoms with Gasteiger partial charge in [-0.25, -0.2) is 9.78 Å². The number of hydrogen-bond acceptors (Lipinski definition) is 7. The van der Waals surface area contributed by atoms with Crippen molar-refractivity contribution in [3.8, 4) is 0 Å². The van der Waals surface area contributed by atoms with Crippen molar-refractivity contribution < 1.29 is 24.3 Å². The molecule has 0 spiro atoms. The molecule has 0 unspecified atom stereocenters. The number of hydrogen-bond donors (Lipinski definition) is 7. The van der Waals surface area contributed by atoms with E-state index in [2.05, 4.69) is 38.5 Å². The predicted molar refractivity (Wildman–Crippen MR) is 89.7 cm³/mol. The van der Waals surface area contributed by atoms with E-state index in [4.69, 9.17) is 10.8 Å². The van der Waals surface area contributed by atoms with E-state index in [9.17, 15) is 19.2 Å². The third kappa shape index (κ3) is 7.22. The first-order valence-corrected chi connectivity index (χ1v) is 7.88. The topological polar surface area (TPSA) is 179 Å². The molecule has 25 heavy (non-hydrogen) atoms. The molecule has 0 aliphatic carbocycles. The maximum Gasteiger partial charge on any atom is 0.327 e. The van der Waals surface area contributed by atoms with Crippen LogP contribution in [0.3, 0.4) is 0 Å². The minimum atomic E-state index is -1.23. The summed E-state index contributed by atoms with van der Waals surface area (Å²) in [7, 11) is 0. The number of H-pyrrole nitrogens is 1. The summed E-state index contributed by atoms with van der Waals surface area (Å²) < 4.78 is 0. The maximum absolute atomic E-state index is 12.2. The number of nitrogens with zero attached hydrogens (tertiary/aromatic N) is 1. The van der Waals surface area contributed by atoms with Crippen LogP contribution in [0.4, 0.5) is 0 Å². The Morgan fingerprint density at radius 2 is 1.92 bits per heavy atom. The van der Waals surface area contributed by atoms with Gasteiger partial charge in [0.1, 0.15) is 12.1 Å².